The second kappa shape index (κ2) is 7.25. The predicted octanol–water partition coefficient (Wildman–Crippen LogP) is 1.10. The van der Waals surface area contributed by atoms with Gasteiger partial charge in [-0.05, 0) is 51.1 Å². The Morgan fingerprint density at radius 2 is 1.94 bits per heavy atom. The molecule has 0 aromatic heterocycles. The number of rotatable bonds is 10. The number of unbranched alkanes of at least 4 members (excludes halogenated alkanes) is 1. The van der Waals surface area contributed by atoms with Crippen LogP contribution >= 0.6 is 0 Å². The second-order valence-corrected chi connectivity index (χ2v) is 6.49. The highest BCUT2D eigenvalue weighted by atomic mass is 32.2. The Labute approximate surface area is 99.2 Å². The summed E-state index contributed by atoms with van der Waals surface area (Å²) in [6.45, 7) is 4.72. The van der Waals surface area contributed by atoms with E-state index in [4.69, 9.17) is 0 Å². The maximum absolute atomic E-state index is 11.5. The summed E-state index contributed by atoms with van der Waals surface area (Å²) in [6, 6.07) is 0. The lowest BCUT2D eigenvalue weighted by molar-refractivity contribution is 0.569. The lowest BCUT2D eigenvalue weighted by Crippen LogP contribution is -2.28. The summed E-state index contributed by atoms with van der Waals surface area (Å²) in [6.07, 6.45) is 5.18. The Morgan fingerprint density at radius 1 is 1.19 bits per heavy atom. The van der Waals surface area contributed by atoms with Crippen LogP contribution in [0.2, 0.25) is 0 Å². The number of nitrogens with one attached hydrogen (secondary N) is 2. The smallest absolute Gasteiger partial charge is 0.211 e. The van der Waals surface area contributed by atoms with Gasteiger partial charge in [0.1, 0.15) is 0 Å². The maximum atomic E-state index is 11.5. The lowest BCUT2D eigenvalue weighted by atomic mass is 10.3. The van der Waals surface area contributed by atoms with Crippen LogP contribution in [0.1, 0.15) is 39.0 Å². The first-order chi connectivity index (χ1) is 7.64. The molecule has 1 rings (SSSR count). The fourth-order valence-electron chi connectivity index (χ4n) is 1.48. The Kier molecular flexibility index (Phi) is 6.31. The van der Waals surface area contributed by atoms with Crippen LogP contribution < -0.4 is 10.0 Å². The van der Waals surface area contributed by atoms with E-state index in [0.717, 1.165) is 32.4 Å². The van der Waals surface area contributed by atoms with E-state index in [1.165, 1.54) is 12.8 Å². The topological polar surface area (TPSA) is 58.2 Å². The van der Waals surface area contributed by atoms with Crippen molar-refractivity contribution in [3.8, 4) is 0 Å². The van der Waals surface area contributed by atoms with Gasteiger partial charge in [0.25, 0.3) is 0 Å². The number of sulfonamides is 1. The first-order valence-corrected chi connectivity index (χ1v) is 7.97. The minimum atomic E-state index is -3.01. The minimum Gasteiger partial charge on any atom is -0.317 e. The van der Waals surface area contributed by atoms with E-state index < -0.39 is 10.0 Å². The molecular formula is C11H24N2O2S. The van der Waals surface area contributed by atoms with E-state index in [2.05, 4.69) is 17.0 Å². The van der Waals surface area contributed by atoms with Gasteiger partial charge in [-0.1, -0.05) is 6.92 Å². The zero-order valence-electron chi connectivity index (χ0n) is 10.2. The molecule has 0 aromatic rings. The van der Waals surface area contributed by atoms with Crippen molar-refractivity contribution in [3.05, 3.63) is 0 Å². The highest BCUT2D eigenvalue weighted by Gasteiger charge is 2.23. The van der Waals surface area contributed by atoms with E-state index in [1.54, 1.807) is 0 Å². The molecule has 1 saturated carbocycles. The standard InChI is InChI=1S/C11H24N2O2S/c1-2-7-12-8-3-4-9-16(14,15)13-10-11-5-6-11/h11-13H,2-10H2,1H3. The van der Waals surface area contributed by atoms with Gasteiger partial charge in [-0.25, -0.2) is 13.1 Å². The number of hydrogen-bond donors (Lipinski definition) is 2. The highest BCUT2D eigenvalue weighted by molar-refractivity contribution is 7.89. The van der Waals surface area contributed by atoms with Crippen molar-refractivity contribution in [3.63, 3.8) is 0 Å². The quantitative estimate of drug-likeness (QED) is 0.569. The van der Waals surface area contributed by atoms with Crippen molar-refractivity contribution in [2.24, 2.45) is 5.92 Å². The SMILES string of the molecule is CCCNCCCCS(=O)(=O)NCC1CC1. The molecule has 0 radical (unpaired) electrons. The third kappa shape index (κ3) is 7.19. The van der Waals surface area contributed by atoms with Crippen LogP contribution in [0.3, 0.4) is 0 Å². The van der Waals surface area contributed by atoms with Gasteiger partial charge in [0.2, 0.25) is 10.0 Å². The third-order valence-corrected chi connectivity index (χ3v) is 4.16. The average Bonchev–Trinajstić information content (AvgIpc) is 3.04. The Hall–Kier alpha value is -0.130. The molecule has 4 nitrogen and oxygen atoms in total. The summed E-state index contributed by atoms with van der Waals surface area (Å²) in [7, 11) is -3.01. The summed E-state index contributed by atoms with van der Waals surface area (Å²) >= 11 is 0. The van der Waals surface area contributed by atoms with Crippen LogP contribution in [0.25, 0.3) is 0 Å². The molecule has 0 aliphatic heterocycles. The molecule has 1 fully saturated rings. The van der Waals surface area contributed by atoms with Gasteiger partial charge in [0.15, 0.2) is 0 Å². The maximum Gasteiger partial charge on any atom is 0.211 e. The summed E-state index contributed by atoms with van der Waals surface area (Å²) in [5, 5.41) is 3.27. The molecular weight excluding hydrogens is 224 g/mol. The van der Waals surface area contributed by atoms with Crippen LogP contribution in [-0.4, -0.2) is 33.8 Å². The van der Waals surface area contributed by atoms with Crippen molar-refractivity contribution in [1.82, 2.24) is 10.0 Å². The van der Waals surface area contributed by atoms with Crippen molar-refractivity contribution in [2.75, 3.05) is 25.4 Å². The summed E-state index contributed by atoms with van der Waals surface area (Å²) < 4.78 is 25.7. The molecule has 0 saturated heterocycles. The Morgan fingerprint density at radius 3 is 2.56 bits per heavy atom. The molecule has 0 spiro atoms. The molecule has 16 heavy (non-hydrogen) atoms. The van der Waals surface area contributed by atoms with Crippen LogP contribution in [0.4, 0.5) is 0 Å². The molecule has 0 atom stereocenters. The van der Waals surface area contributed by atoms with E-state index >= 15 is 0 Å². The molecule has 5 heteroatoms. The van der Waals surface area contributed by atoms with Crippen molar-refractivity contribution in [1.29, 1.82) is 0 Å². The lowest BCUT2D eigenvalue weighted by Gasteiger charge is -2.06. The van der Waals surface area contributed by atoms with Crippen molar-refractivity contribution < 1.29 is 8.42 Å². The van der Waals surface area contributed by atoms with Crippen LogP contribution in [0.15, 0.2) is 0 Å². The molecule has 0 unspecified atom stereocenters. The van der Waals surface area contributed by atoms with Gasteiger partial charge in [-0.3, -0.25) is 0 Å². The monoisotopic (exact) mass is 248 g/mol. The number of hydrogen-bond acceptors (Lipinski definition) is 3. The second-order valence-electron chi connectivity index (χ2n) is 4.57. The Bertz CT molecular complexity index is 274. The van der Waals surface area contributed by atoms with Crippen LogP contribution in [0, 0.1) is 5.92 Å². The molecule has 0 aromatic carbocycles. The van der Waals surface area contributed by atoms with Crippen molar-refractivity contribution in [2.45, 2.75) is 39.0 Å². The van der Waals surface area contributed by atoms with Gasteiger partial charge >= 0.3 is 0 Å². The fourth-order valence-corrected chi connectivity index (χ4v) is 2.70. The summed E-state index contributed by atoms with van der Waals surface area (Å²) in [5.74, 6) is 0.883. The van der Waals surface area contributed by atoms with E-state index in [0.29, 0.717) is 12.5 Å². The third-order valence-electron chi connectivity index (χ3n) is 2.73. The van der Waals surface area contributed by atoms with E-state index in [1.807, 2.05) is 0 Å². The van der Waals surface area contributed by atoms with E-state index in [-0.39, 0.29) is 5.75 Å². The molecule has 1 aliphatic rings. The van der Waals surface area contributed by atoms with E-state index in [9.17, 15) is 8.42 Å². The van der Waals surface area contributed by atoms with Gasteiger partial charge in [0, 0.05) is 6.54 Å². The van der Waals surface area contributed by atoms with Gasteiger partial charge < -0.3 is 5.32 Å². The molecule has 0 heterocycles. The van der Waals surface area contributed by atoms with Gasteiger partial charge in [-0.2, -0.15) is 0 Å². The summed E-state index contributed by atoms with van der Waals surface area (Å²) in [4.78, 5) is 0. The first-order valence-electron chi connectivity index (χ1n) is 6.32. The fraction of sp³-hybridized carbons (Fsp3) is 1.00. The average molecular weight is 248 g/mol. The zero-order chi connectivity index (χ0) is 11.9. The first kappa shape index (κ1) is 13.9. The molecule has 0 amide bonds. The van der Waals surface area contributed by atoms with Crippen molar-refractivity contribution >= 4 is 10.0 Å². The molecule has 1 aliphatic carbocycles. The summed E-state index contributed by atoms with van der Waals surface area (Å²) in [5.41, 5.74) is 0. The minimum absolute atomic E-state index is 0.271. The molecule has 2 N–H and O–H groups in total. The molecule has 96 valence electrons. The van der Waals surface area contributed by atoms with Gasteiger partial charge in [-0.15, -0.1) is 0 Å². The predicted molar refractivity (Wildman–Crippen MR) is 66.9 cm³/mol. The normalized spacial score (nSPS) is 16.6. The van der Waals surface area contributed by atoms with Crippen LogP contribution in [-0.2, 0) is 10.0 Å². The zero-order valence-corrected chi connectivity index (χ0v) is 11.0. The largest absolute Gasteiger partial charge is 0.317 e. The van der Waals surface area contributed by atoms with Crippen LogP contribution in [0.5, 0.6) is 0 Å². The molecule has 0 bridgehead atoms. The van der Waals surface area contributed by atoms with Gasteiger partial charge in [0.05, 0.1) is 5.75 Å². The Balaban J connectivity index is 1.96. The highest BCUT2D eigenvalue weighted by Crippen LogP contribution is 2.27.